The van der Waals surface area contributed by atoms with Crippen LogP contribution in [0.25, 0.3) is 0 Å². The summed E-state index contributed by atoms with van der Waals surface area (Å²) in [6.07, 6.45) is 12.6. The first-order valence-corrected chi connectivity index (χ1v) is 5.61. The van der Waals surface area contributed by atoms with Gasteiger partial charge in [0.2, 0.25) is 0 Å². The highest BCUT2D eigenvalue weighted by atomic mass is 14.0. The lowest BCUT2D eigenvalue weighted by molar-refractivity contribution is 0.717. The summed E-state index contributed by atoms with van der Waals surface area (Å²) in [5.74, 6) is 0. The predicted molar refractivity (Wildman–Crippen MR) is 66.5 cm³/mol. The van der Waals surface area contributed by atoms with Gasteiger partial charge in [0.15, 0.2) is 0 Å². The van der Waals surface area contributed by atoms with Crippen molar-refractivity contribution >= 4 is 0 Å². The predicted octanol–water partition coefficient (Wildman–Crippen LogP) is 5.04. The summed E-state index contributed by atoms with van der Waals surface area (Å²) in [4.78, 5) is 0. The van der Waals surface area contributed by atoms with E-state index in [1.807, 2.05) is 6.08 Å². The fraction of sp³-hybridized carbons (Fsp3) is 0.571. The smallest absolute Gasteiger partial charge is 0.0142 e. The third kappa shape index (κ3) is 6.71. The molecule has 0 heteroatoms. The molecule has 0 fully saturated rings. The third-order valence-electron chi connectivity index (χ3n) is 2.63. The first-order chi connectivity index (χ1) is 6.74. The third-order valence-corrected chi connectivity index (χ3v) is 2.63. The molecule has 0 atom stereocenters. The number of rotatable bonds is 7. The molecule has 0 amide bonds. The molecular weight excluding hydrogens is 168 g/mol. The van der Waals surface area contributed by atoms with Gasteiger partial charge in [-0.05, 0) is 52.9 Å². The molecule has 14 heavy (non-hydrogen) atoms. The van der Waals surface area contributed by atoms with Gasteiger partial charge < -0.3 is 0 Å². The lowest BCUT2D eigenvalue weighted by atomic mass is 10.0. The van der Waals surface area contributed by atoms with Crippen LogP contribution in [-0.2, 0) is 0 Å². The number of hydrogen-bond acceptors (Lipinski definition) is 0. The summed E-state index contributed by atoms with van der Waals surface area (Å²) in [6, 6.07) is 0. The van der Waals surface area contributed by atoms with E-state index in [4.69, 9.17) is 0 Å². The van der Waals surface area contributed by atoms with Crippen LogP contribution in [0.3, 0.4) is 0 Å². The van der Waals surface area contributed by atoms with Crippen LogP contribution < -0.4 is 0 Å². The SMILES string of the molecule is C=CCC(=CC)CCCCC(C)=CC. The Labute approximate surface area is 89.4 Å². The number of hydrogen-bond donors (Lipinski definition) is 0. The van der Waals surface area contributed by atoms with Gasteiger partial charge >= 0.3 is 0 Å². The van der Waals surface area contributed by atoms with E-state index in [9.17, 15) is 0 Å². The molecule has 0 heterocycles. The van der Waals surface area contributed by atoms with Crippen molar-refractivity contribution in [2.45, 2.75) is 52.9 Å². The van der Waals surface area contributed by atoms with Crippen molar-refractivity contribution in [2.24, 2.45) is 0 Å². The Morgan fingerprint density at radius 2 is 1.71 bits per heavy atom. The van der Waals surface area contributed by atoms with Crippen molar-refractivity contribution in [3.05, 3.63) is 36.0 Å². The molecule has 80 valence electrons. The molecule has 0 radical (unpaired) electrons. The highest BCUT2D eigenvalue weighted by Crippen LogP contribution is 2.14. The second kappa shape index (κ2) is 8.80. The maximum Gasteiger partial charge on any atom is -0.0142 e. The van der Waals surface area contributed by atoms with Crippen LogP contribution in [-0.4, -0.2) is 0 Å². The van der Waals surface area contributed by atoms with Gasteiger partial charge in [0.1, 0.15) is 0 Å². The van der Waals surface area contributed by atoms with Crippen molar-refractivity contribution in [3.63, 3.8) is 0 Å². The molecule has 0 unspecified atom stereocenters. The Morgan fingerprint density at radius 1 is 1.07 bits per heavy atom. The van der Waals surface area contributed by atoms with E-state index in [-0.39, 0.29) is 0 Å². The van der Waals surface area contributed by atoms with Gasteiger partial charge in [-0.25, -0.2) is 0 Å². The lowest BCUT2D eigenvalue weighted by Crippen LogP contribution is -1.84. The van der Waals surface area contributed by atoms with Crippen molar-refractivity contribution in [1.82, 2.24) is 0 Å². The fourth-order valence-electron chi connectivity index (χ4n) is 1.45. The summed E-state index contributed by atoms with van der Waals surface area (Å²) < 4.78 is 0. The fourth-order valence-corrected chi connectivity index (χ4v) is 1.45. The molecule has 0 aliphatic rings. The van der Waals surface area contributed by atoms with Gasteiger partial charge in [-0.2, -0.15) is 0 Å². The quantitative estimate of drug-likeness (QED) is 0.392. The van der Waals surface area contributed by atoms with Crippen LogP contribution in [0.2, 0.25) is 0 Å². The van der Waals surface area contributed by atoms with Crippen molar-refractivity contribution < 1.29 is 0 Å². The molecule has 0 aromatic carbocycles. The highest BCUT2D eigenvalue weighted by Gasteiger charge is 1.95. The van der Waals surface area contributed by atoms with Crippen LogP contribution in [0.5, 0.6) is 0 Å². The number of allylic oxidation sites excluding steroid dienone is 5. The molecule has 0 rings (SSSR count). The minimum absolute atomic E-state index is 1.05. The first kappa shape index (κ1) is 13.2. The molecule has 0 aromatic heterocycles. The maximum absolute atomic E-state index is 3.77. The van der Waals surface area contributed by atoms with Crippen LogP contribution in [0.15, 0.2) is 36.0 Å². The normalized spacial score (nSPS) is 13.1. The summed E-state index contributed by atoms with van der Waals surface area (Å²) >= 11 is 0. The van der Waals surface area contributed by atoms with Gasteiger partial charge in [-0.3, -0.25) is 0 Å². The average molecular weight is 192 g/mol. The van der Waals surface area contributed by atoms with Gasteiger partial charge in [0.05, 0.1) is 0 Å². The Kier molecular flexibility index (Phi) is 8.31. The molecule has 0 aliphatic heterocycles. The molecule has 0 nitrogen and oxygen atoms in total. The Morgan fingerprint density at radius 3 is 2.21 bits per heavy atom. The van der Waals surface area contributed by atoms with E-state index >= 15 is 0 Å². The van der Waals surface area contributed by atoms with Crippen LogP contribution in [0, 0.1) is 0 Å². The molecule has 0 aromatic rings. The van der Waals surface area contributed by atoms with Gasteiger partial charge in [-0.15, -0.1) is 6.58 Å². The lowest BCUT2D eigenvalue weighted by Gasteiger charge is -2.04. The standard InChI is InChI=1S/C14H24/c1-5-10-14(7-3)12-9-8-11-13(4)6-2/h5-7H,1,8-12H2,2-4H3. The zero-order chi connectivity index (χ0) is 10.8. The minimum atomic E-state index is 1.05. The van der Waals surface area contributed by atoms with Crippen LogP contribution in [0.4, 0.5) is 0 Å². The van der Waals surface area contributed by atoms with E-state index in [1.165, 1.54) is 36.8 Å². The summed E-state index contributed by atoms with van der Waals surface area (Å²) in [7, 11) is 0. The molecule has 0 saturated heterocycles. The molecule has 0 bridgehead atoms. The van der Waals surface area contributed by atoms with E-state index in [2.05, 4.69) is 39.5 Å². The molecule has 0 spiro atoms. The summed E-state index contributed by atoms with van der Waals surface area (Å²) in [5.41, 5.74) is 3.04. The van der Waals surface area contributed by atoms with Crippen molar-refractivity contribution in [3.8, 4) is 0 Å². The van der Waals surface area contributed by atoms with Gasteiger partial charge in [0.25, 0.3) is 0 Å². The topological polar surface area (TPSA) is 0 Å². The summed E-state index contributed by atoms with van der Waals surface area (Å²) in [6.45, 7) is 10.2. The van der Waals surface area contributed by atoms with Crippen molar-refractivity contribution in [2.75, 3.05) is 0 Å². The summed E-state index contributed by atoms with van der Waals surface area (Å²) in [5, 5.41) is 0. The van der Waals surface area contributed by atoms with Gasteiger partial charge in [-0.1, -0.05) is 29.4 Å². The maximum atomic E-state index is 3.77. The second-order valence-corrected chi connectivity index (χ2v) is 3.78. The molecule has 0 saturated carbocycles. The monoisotopic (exact) mass is 192 g/mol. The Hall–Kier alpha value is -0.780. The zero-order valence-corrected chi connectivity index (χ0v) is 9.97. The van der Waals surface area contributed by atoms with E-state index in [1.54, 1.807) is 0 Å². The van der Waals surface area contributed by atoms with Crippen LogP contribution >= 0.6 is 0 Å². The zero-order valence-electron chi connectivity index (χ0n) is 9.97. The average Bonchev–Trinajstić information content (AvgIpc) is 2.22. The van der Waals surface area contributed by atoms with Crippen LogP contribution in [0.1, 0.15) is 52.9 Å². The second-order valence-electron chi connectivity index (χ2n) is 3.78. The van der Waals surface area contributed by atoms with E-state index in [0.29, 0.717) is 0 Å². The molecular formula is C14H24. The van der Waals surface area contributed by atoms with E-state index < -0.39 is 0 Å². The molecule has 0 N–H and O–H groups in total. The minimum Gasteiger partial charge on any atom is -0.103 e. The van der Waals surface area contributed by atoms with Crippen molar-refractivity contribution in [1.29, 1.82) is 0 Å². The largest absolute Gasteiger partial charge is 0.103 e. The Balaban J connectivity index is 3.57. The number of unbranched alkanes of at least 4 members (excludes halogenated alkanes) is 1. The van der Waals surface area contributed by atoms with Gasteiger partial charge in [0, 0.05) is 0 Å². The molecule has 0 aliphatic carbocycles. The van der Waals surface area contributed by atoms with E-state index in [0.717, 1.165) is 6.42 Å². The first-order valence-electron chi connectivity index (χ1n) is 5.61. The Bertz CT molecular complexity index is 206. The highest BCUT2D eigenvalue weighted by molar-refractivity contribution is 5.05.